The van der Waals surface area contributed by atoms with Crippen LogP contribution in [0.25, 0.3) is 5.69 Å². The van der Waals surface area contributed by atoms with Crippen molar-refractivity contribution in [3.8, 4) is 5.69 Å². The Kier molecular flexibility index (Phi) is 5.66. The summed E-state index contributed by atoms with van der Waals surface area (Å²) in [6.07, 6.45) is 0. The van der Waals surface area contributed by atoms with Gasteiger partial charge in [-0.3, -0.25) is 14.5 Å². The predicted molar refractivity (Wildman–Crippen MR) is 128 cm³/mol. The van der Waals surface area contributed by atoms with Crippen LogP contribution in [0.3, 0.4) is 0 Å². The van der Waals surface area contributed by atoms with Crippen LogP contribution in [0.4, 0.5) is 4.79 Å². The van der Waals surface area contributed by atoms with Crippen LogP contribution in [0.1, 0.15) is 45.4 Å². The second-order valence-electron chi connectivity index (χ2n) is 8.74. The highest BCUT2D eigenvalue weighted by Crippen LogP contribution is 2.33. The molecule has 33 heavy (non-hydrogen) atoms. The van der Waals surface area contributed by atoms with Gasteiger partial charge < -0.3 is 9.88 Å². The standard InChI is InChI=1S/C26H26ClN3O3/c1-15-10-11-19(12-16(15)2)30-17(3)13-20(18(30)4)23(31)14-29-24(32)26(5,28-25(29)33)21-8-6-7-9-22(21)27/h6-13H,14H2,1-5H3,(H,28,33). The fraction of sp³-hybridized carbons (Fsp3) is 0.269. The van der Waals surface area contributed by atoms with Crippen LogP contribution in [-0.4, -0.2) is 33.7 Å². The van der Waals surface area contributed by atoms with Crippen molar-refractivity contribution in [3.63, 3.8) is 0 Å². The Labute approximate surface area is 198 Å². The lowest BCUT2D eigenvalue weighted by molar-refractivity contribution is -0.130. The fourth-order valence-corrected chi connectivity index (χ4v) is 4.75. The van der Waals surface area contributed by atoms with Gasteiger partial charge in [0, 0.05) is 33.2 Å². The Morgan fingerprint density at radius 1 is 1.00 bits per heavy atom. The lowest BCUT2D eigenvalue weighted by Crippen LogP contribution is -2.41. The maximum absolute atomic E-state index is 13.2. The third kappa shape index (κ3) is 3.74. The third-order valence-electron chi connectivity index (χ3n) is 6.47. The summed E-state index contributed by atoms with van der Waals surface area (Å²) in [7, 11) is 0. The van der Waals surface area contributed by atoms with Crippen molar-refractivity contribution >= 4 is 29.3 Å². The molecule has 1 unspecified atom stereocenters. The smallest absolute Gasteiger partial charge is 0.319 e. The number of ketones is 1. The van der Waals surface area contributed by atoms with Gasteiger partial charge in [-0.15, -0.1) is 0 Å². The van der Waals surface area contributed by atoms with Gasteiger partial charge >= 0.3 is 6.03 Å². The summed E-state index contributed by atoms with van der Waals surface area (Å²) in [6.45, 7) is 9.16. The number of nitrogens with one attached hydrogen (secondary N) is 1. The quantitative estimate of drug-likeness (QED) is 0.427. The van der Waals surface area contributed by atoms with E-state index in [4.69, 9.17) is 11.6 Å². The molecule has 3 amide bonds. The normalized spacial score (nSPS) is 18.1. The summed E-state index contributed by atoms with van der Waals surface area (Å²) in [5.74, 6) is -0.804. The molecule has 2 heterocycles. The molecule has 6 nitrogen and oxygen atoms in total. The van der Waals surface area contributed by atoms with Crippen LogP contribution in [0.15, 0.2) is 48.5 Å². The molecule has 1 aliphatic heterocycles. The highest BCUT2D eigenvalue weighted by atomic mass is 35.5. The van der Waals surface area contributed by atoms with Gasteiger partial charge in [0.25, 0.3) is 5.91 Å². The number of aromatic nitrogens is 1. The van der Waals surface area contributed by atoms with Crippen molar-refractivity contribution in [1.82, 2.24) is 14.8 Å². The summed E-state index contributed by atoms with van der Waals surface area (Å²) in [5.41, 5.74) is 4.63. The van der Waals surface area contributed by atoms with Crippen molar-refractivity contribution in [2.24, 2.45) is 0 Å². The van der Waals surface area contributed by atoms with Crippen molar-refractivity contribution in [2.75, 3.05) is 6.54 Å². The maximum atomic E-state index is 13.2. The molecule has 0 bridgehead atoms. The van der Waals surface area contributed by atoms with Gasteiger partial charge in [0.2, 0.25) is 0 Å². The molecule has 1 saturated heterocycles. The number of urea groups is 1. The fourth-order valence-electron chi connectivity index (χ4n) is 4.43. The van der Waals surface area contributed by atoms with E-state index in [1.807, 2.05) is 37.5 Å². The van der Waals surface area contributed by atoms with Gasteiger partial charge in [-0.1, -0.05) is 35.9 Å². The topological polar surface area (TPSA) is 71.4 Å². The van der Waals surface area contributed by atoms with Crippen molar-refractivity contribution in [1.29, 1.82) is 0 Å². The number of rotatable bonds is 5. The Morgan fingerprint density at radius 3 is 2.36 bits per heavy atom. The summed E-state index contributed by atoms with van der Waals surface area (Å²) >= 11 is 6.28. The van der Waals surface area contributed by atoms with Gasteiger partial charge in [-0.05, 0) is 70.0 Å². The first-order chi connectivity index (χ1) is 15.5. The average Bonchev–Trinajstić information content (AvgIpc) is 3.18. The van der Waals surface area contributed by atoms with Gasteiger partial charge in [0.05, 0.1) is 6.54 Å². The van der Waals surface area contributed by atoms with Crippen LogP contribution in [0.5, 0.6) is 0 Å². The molecule has 1 fully saturated rings. The highest BCUT2D eigenvalue weighted by Gasteiger charge is 2.50. The van der Waals surface area contributed by atoms with E-state index >= 15 is 0 Å². The van der Waals surface area contributed by atoms with E-state index in [1.165, 1.54) is 5.56 Å². The van der Waals surface area contributed by atoms with Crippen LogP contribution in [-0.2, 0) is 10.3 Å². The first-order valence-electron chi connectivity index (χ1n) is 10.7. The molecule has 1 aromatic heterocycles. The summed E-state index contributed by atoms with van der Waals surface area (Å²) in [6, 6.07) is 14.2. The molecule has 4 rings (SSSR count). The van der Waals surface area contributed by atoms with Gasteiger partial charge in [-0.2, -0.15) is 0 Å². The lowest BCUT2D eigenvalue weighted by Gasteiger charge is -2.23. The third-order valence-corrected chi connectivity index (χ3v) is 6.80. The number of hydrogen-bond donors (Lipinski definition) is 1. The number of amides is 3. The Balaban J connectivity index is 1.63. The average molecular weight is 464 g/mol. The van der Waals surface area contributed by atoms with E-state index < -0.39 is 17.5 Å². The van der Waals surface area contributed by atoms with E-state index in [0.717, 1.165) is 27.5 Å². The SMILES string of the molecule is Cc1ccc(-n2c(C)cc(C(=O)CN3C(=O)NC(C)(c4ccccc4Cl)C3=O)c2C)cc1C. The van der Waals surface area contributed by atoms with Crippen molar-refractivity contribution < 1.29 is 14.4 Å². The van der Waals surface area contributed by atoms with E-state index in [-0.39, 0.29) is 12.3 Å². The first kappa shape index (κ1) is 22.8. The van der Waals surface area contributed by atoms with E-state index in [2.05, 4.69) is 18.3 Å². The second kappa shape index (κ2) is 8.19. The number of carbonyl (C=O) groups is 3. The minimum atomic E-state index is -1.33. The molecule has 0 spiro atoms. The Hall–Kier alpha value is -3.38. The van der Waals surface area contributed by atoms with Crippen LogP contribution in [0.2, 0.25) is 5.02 Å². The van der Waals surface area contributed by atoms with Crippen LogP contribution < -0.4 is 5.32 Å². The molecule has 1 N–H and O–H groups in total. The minimum Gasteiger partial charge on any atom is -0.319 e. The molecule has 1 atom stereocenters. The molecule has 0 radical (unpaired) electrons. The molecule has 170 valence electrons. The van der Waals surface area contributed by atoms with Gasteiger partial charge in [-0.25, -0.2) is 4.79 Å². The van der Waals surface area contributed by atoms with Gasteiger partial charge in [0.15, 0.2) is 5.78 Å². The molecular weight excluding hydrogens is 438 g/mol. The number of hydrogen-bond acceptors (Lipinski definition) is 3. The number of halogens is 1. The summed E-state index contributed by atoms with van der Waals surface area (Å²) < 4.78 is 2.01. The zero-order valence-corrected chi connectivity index (χ0v) is 20.1. The Morgan fingerprint density at radius 2 is 1.70 bits per heavy atom. The van der Waals surface area contributed by atoms with Crippen LogP contribution in [0, 0.1) is 27.7 Å². The molecule has 3 aromatic rings. The molecular formula is C26H26ClN3O3. The monoisotopic (exact) mass is 463 g/mol. The maximum Gasteiger partial charge on any atom is 0.325 e. The summed E-state index contributed by atoms with van der Waals surface area (Å²) in [4.78, 5) is 40.1. The molecule has 2 aromatic carbocycles. The second-order valence-corrected chi connectivity index (χ2v) is 9.15. The highest BCUT2D eigenvalue weighted by molar-refractivity contribution is 6.32. The van der Waals surface area contributed by atoms with E-state index in [1.54, 1.807) is 37.3 Å². The first-order valence-corrected chi connectivity index (χ1v) is 11.1. The van der Waals surface area contributed by atoms with E-state index in [0.29, 0.717) is 16.1 Å². The number of imide groups is 1. The number of Topliss-reactive ketones (excluding diaryl/α,β-unsaturated/α-hetero) is 1. The largest absolute Gasteiger partial charge is 0.325 e. The van der Waals surface area contributed by atoms with E-state index in [9.17, 15) is 14.4 Å². The minimum absolute atomic E-state index is 0.301. The molecule has 0 saturated carbocycles. The number of nitrogens with zero attached hydrogens (tertiary/aromatic N) is 2. The van der Waals surface area contributed by atoms with Crippen LogP contribution >= 0.6 is 11.6 Å². The lowest BCUT2D eigenvalue weighted by atomic mass is 9.92. The number of benzene rings is 2. The Bertz CT molecular complexity index is 1310. The zero-order chi connectivity index (χ0) is 24.1. The van der Waals surface area contributed by atoms with Crippen molar-refractivity contribution in [3.05, 3.63) is 87.2 Å². The van der Waals surface area contributed by atoms with Crippen molar-refractivity contribution in [2.45, 2.75) is 40.2 Å². The predicted octanol–water partition coefficient (Wildman–Crippen LogP) is 5.01. The number of aryl methyl sites for hydroxylation is 3. The van der Waals surface area contributed by atoms with Gasteiger partial charge in [0.1, 0.15) is 5.54 Å². The zero-order valence-electron chi connectivity index (χ0n) is 19.3. The molecule has 1 aliphatic rings. The molecule has 0 aliphatic carbocycles. The molecule has 7 heteroatoms. The summed E-state index contributed by atoms with van der Waals surface area (Å²) in [5, 5.41) is 3.08. The number of carbonyl (C=O) groups excluding carboxylic acids is 3.